The second-order valence-electron chi connectivity index (χ2n) is 8.60. The largest absolute Gasteiger partial charge is 0.491 e. The lowest BCUT2D eigenvalue weighted by Gasteiger charge is -2.11. The number of hydrogen-bond donors (Lipinski definition) is 2. The third-order valence-electron chi connectivity index (χ3n) is 5.80. The molecule has 0 amide bonds. The van der Waals surface area contributed by atoms with Gasteiger partial charge in [-0.1, -0.05) is 6.07 Å². The number of aromatic nitrogens is 8. The fourth-order valence-electron chi connectivity index (χ4n) is 3.98. The molecule has 6 rings (SSSR count). The highest BCUT2D eigenvalue weighted by Crippen LogP contribution is 2.31. The Morgan fingerprint density at radius 3 is 2.69 bits per heavy atom. The van der Waals surface area contributed by atoms with Crippen molar-refractivity contribution in [3.05, 3.63) is 67.4 Å². The number of H-pyrrole nitrogens is 2. The SMILES string of the molecule is CN(C)CCOc1cncc(-c2cc3c(-c4nc5c(-c6ccccn6)nccc5[nH]4)n[nH]c3cn2)c1. The molecule has 10 nitrogen and oxygen atoms in total. The molecular formula is C26H23N9O. The van der Waals surface area contributed by atoms with Gasteiger partial charge in [-0.25, -0.2) is 4.98 Å². The number of hydrogen-bond acceptors (Lipinski definition) is 8. The molecule has 178 valence electrons. The molecule has 0 saturated carbocycles. The van der Waals surface area contributed by atoms with E-state index in [4.69, 9.17) is 9.72 Å². The van der Waals surface area contributed by atoms with Crippen LogP contribution >= 0.6 is 0 Å². The Labute approximate surface area is 206 Å². The molecule has 0 aliphatic carbocycles. The summed E-state index contributed by atoms with van der Waals surface area (Å²) in [4.78, 5) is 28.2. The van der Waals surface area contributed by atoms with Gasteiger partial charge in [0.15, 0.2) is 5.82 Å². The molecule has 0 saturated heterocycles. The van der Waals surface area contributed by atoms with Gasteiger partial charge in [0, 0.05) is 36.1 Å². The van der Waals surface area contributed by atoms with Crippen LogP contribution in [0.2, 0.25) is 0 Å². The summed E-state index contributed by atoms with van der Waals surface area (Å²) in [5, 5.41) is 8.49. The maximum atomic E-state index is 5.85. The van der Waals surface area contributed by atoms with Crippen LogP contribution in [0.15, 0.2) is 67.4 Å². The first-order chi connectivity index (χ1) is 17.7. The smallest absolute Gasteiger partial charge is 0.159 e. The highest BCUT2D eigenvalue weighted by Gasteiger charge is 2.17. The van der Waals surface area contributed by atoms with Gasteiger partial charge in [-0.3, -0.25) is 25.0 Å². The molecule has 2 N–H and O–H groups in total. The fourth-order valence-corrected chi connectivity index (χ4v) is 3.98. The van der Waals surface area contributed by atoms with E-state index < -0.39 is 0 Å². The number of nitrogens with one attached hydrogen (secondary N) is 2. The maximum absolute atomic E-state index is 5.85. The third-order valence-corrected chi connectivity index (χ3v) is 5.80. The standard InChI is InChI=1S/C26H23N9O/c1-35(2)9-10-36-17-11-16(13-27-14-17)21-12-18-22(15-30-21)33-34-23(18)26-31-20-6-8-29-24(25(20)32-26)19-5-3-4-7-28-19/h3-8,11-15H,9-10H2,1-2H3,(H,31,32)(H,33,34). The van der Waals surface area contributed by atoms with Crippen LogP contribution in [-0.4, -0.2) is 72.2 Å². The summed E-state index contributed by atoms with van der Waals surface area (Å²) in [6.07, 6.45) is 8.75. The van der Waals surface area contributed by atoms with Gasteiger partial charge in [0.2, 0.25) is 0 Å². The zero-order valence-corrected chi connectivity index (χ0v) is 19.8. The monoisotopic (exact) mass is 477 g/mol. The van der Waals surface area contributed by atoms with Gasteiger partial charge in [0.05, 0.1) is 34.8 Å². The molecule has 6 aromatic rings. The summed E-state index contributed by atoms with van der Waals surface area (Å²) in [6, 6.07) is 11.6. The lowest BCUT2D eigenvalue weighted by atomic mass is 10.1. The lowest BCUT2D eigenvalue weighted by Crippen LogP contribution is -2.19. The van der Waals surface area contributed by atoms with Crippen molar-refractivity contribution >= 4 is 21.9 Å². The number of nitrogens with zero attached hydrogens (tertiary/aromatic N) is 7. The molecule has 0 atom stereocenters. The summed E-state index contributed by atoms with van der Waals surface area (Å²) < 4.78 is 5.85. The average Bonchev–Trinajstić information content (AvgIpc) is 3.53. The van der Waals surface area contributed by atoms with Crippen molar-refractivity contribution < 1.29 is 4.74 Å². The Kier molecular flexibility index (Phi) is 5.55. The number of rotatable bonds is 7. The van der Waals surface area contributed by atoms with Gasteiger partial charge in [-0.15, -0.1) is 0 Å². The summed E-state index contributed by atoms with van der Waals surface area (Å²) in [7, 11) is 4.02. The molecule has 10 heteroatoms. The van der Waals surface area contributed by atoms with Crippen LogP contribution in [0, 0.1) is 0 Å². The van der Waals surface area contributed by atoms with E-state index in [1.54, 1.807) is 31.0 Å². The second-order valence-corrected chi connectivity index (χ2v) is 8.60. The molecule has 36 heavy (non-hydrogen) atoms. The molecule has 6 aromatic heterocycles. The van der Waals surface area contributed by atoms with E-state index in [0.29, 0.717) is 23.9 Å². The molecule has 0 unspecified atom stereocenters. The summed E-state index contributed by atoms with van der Waals surface area (Å²) in [6.45, 7) is 1.40. The van der Waals surface area contributed by atoms with Crippen LogP contribution in [-0.2, 0) is 0 Å². The van der Waals surface area contributed by atoms with Crippen molar-refractivity contribution in [1.82, 2.24) is 45.0 Å². The number of imidazole rings is 1. The van der Waals surface area contributed by atoms with E-state index in [0.717, 1.165) is 51.1 Å². The predicted molar refractivity (Wildman–Crippen MR) is 137 cm³/mol. The Bertz CT molecular complexity index is 1660. The Balaban J connectivity index is 1.38. The first-order valence-electron chi connectivity index (χ1n) is 11.5. The summed E-state index contributed by atoms with van der Waals surface area (Å²) >= 11 is 0. The van der Waals surface area contributed by atoms with E-state index in [1.807, 2.05) is 50.5 Å². The molecule has 0 aromatic carbocycles. The Hall–Kier alpha value is -4.70. The third kappa shape index (κ3) is 4.14. The highest BCUT2D eigenvalue weighted by molar-refractivity contribution is 5.96. The van der Waals surface area contributed by atoms with E-state index in [-0.39, 0.29) is 0 Å². The van der Waals surface area contributed by atoms with Crippen molar-refractivity contribution in [1.29, 1.82) is 0 Å². The molecule has 0 aliphatic heterocycles. The molecule has 0 radical (unpaired) electrons. The van der Waals surface area contributed by atoms with Crippen LogP contribution in [0.1, 0.15) is 0 Å². The zero-order chi connectivity index (χ0) is 24.5. The van der Waals surface area contributed by atoms with Crippen molar-refractivity contribution in [3.63, 3.8) is 0 Å². The van der Waals surface area contributed by atoms with E-state index in [1.165, 1.54) is 0 Å². The molecule has 6 heterocycles. The Morgan fingerprint density at radius 2 is 1.83 bits per heavy atom. The van der Waals surface area contributed by atoms with Gasteiger partial charge in [-0.05, 0) is 44.4 Å². The number of aromatic amines is 2. The van der Waals surface area contributed by atoms with Crippen molar-refractivity contribution in [2.24, 2.45) is 0 Å². The molecule has 0 aliphatic rings. The molecule has 0 fully saturated rings. The van der Waals surface area contributed by atoms with E-state index >= 15 is 0 Å². The zero-order valence-electron chi connectivity index (χ0n) is 19.8. The topological polar surface area (TPSA) is 121 Å². The molecular weight excluding hydrogens is 454 g/mol. The number of pyridine rings is 4. The predicted octanol–water partition coefficient (Wildman–Crippen LogP) is 3.96. The highest BCUT2D eigenvalue weighted by atomic mass is 16.5. The van der Waals surface area contributed by atoms with E-state index in [2.05, 4.69) is 40.0 Å². The lowest BCUT2D eigenvalue weighted by molar-refractivity contribution is 0.261. The van der Waals surface area contributed by atoms with E-state index in [9.17, 15) is 0 Å². The van der Waals surface area contributed by atoms with Gasteiger partial charge in [-0.2, -0.15) is 5.10 Å². The minimum Gasteiger partial charge on any atom is -0.491 e. The van der Waals surface area contributed by atoms with Crippen LogP contribution in [0.3, 0.4) is 0 Å². The molecule has 0 spiro atoms. The van der Waals surface area contributed by atoms with Crippen LogP contribution < -0.4 is 4.74 Å². The van der Waals surface area contributed by atoms with Crippen LogP contribution in [0.4, 0.5) is 0 Å². The van der Waals surface area contributed by atoms with Crippen LogP contribution in [0.5, 0.6) is 5.75 Å². The first kappa shape index (κ1) is 21.8. The minimum atomic E-state index is 0.581. The van der Waals surface area contributed by atoms with Gasteiger partial charge < -0.3 is 14.6 Å². The first-order valence-corrected chi connectivity index (χ1v) is 11.5. The quantitative estimate of drug-likeness (QED) is 0.354. The Morgan fingerprint density at radius 1 is 0.889 bits per heavy atom. The number of ether oxygens (including phenoxy) is 1. The van der Waals surface area contributed by atoms with Crippen LogP contribution in [0.25, 0.3) is 56.1 Å². The minimum absolute atomic E-state index is 0.581. The average molecular weight is 478 g/mol. The van der Waals surface area contributed by atoms with Gasteiger partial charge >= 0.3 is 0 Å². The van der Waals surface area contributed by atoms with Crippen molar-refractivity contribution in [3.8, 4) is 39.9 Å². The maximum Gasteiger partial charge on any atom is 0.159 e. The second kappa shape index (κ2) is 9.16. The van der Waals surface area contributed by atoms with Crippen molar-refractivity contribution in [2.45, 2.75) is 0 Å². The van der Waals surface area contributed by atoms with Gasteiger partial charge in [0.1, 0.15) is 29.3 Å². The molecule has 0 bridgehead atoms. The van der Waals surface area contributed by atoms with Crippen molar-refractivity contribution in [2.75, 3.05) is 27.2 Å². The normalized spacial score (nSPS) is 11.5. The number of fused-ring (bicyclic) bond motifs is 2. The summed E-state index contributed by atoms with van der Waals surface area (Å²) in [5.41, 5.74) is 6.21. The number of likely N-dealkylation sites (N-methyl/N-ethyl adjacent to an activating group) is 1. The fraction of sp³-hybridized carbons (Fsp3) is 0.154. The van der Waals surface area contributed by atoms with Gasteiger partial charge in [0.25, 0.3) is 0 Å². The summed E-state index contributed by atoms with van der Waals surface area (Å²) in [5.74, 6) is 1.34.